The topological polar surface area (TPSA) is 71.5 Å². The van der Waals surface area contributed by atoms with E-state index in [1.165, 1.54) is 11.3 Å². The smallest absolute Gasteiger partial charge is 0.309 e. The standard InChI is InChI=1S/C13H14N2O3S/c16-12(17)8-10-9-19-13(15-10)14-6-7-18-11-4-2-1-3-5-11/h1-5,9H,6-8H2,(H,14,15)(H,16,17). The van der Waals surface area contributed by atoms with Crippen LogP contribution in [0.15, 0.2) is 35.7 Å². The zero-order valence-corrected chi connectivity index (χ0v) is 11.0. The molecule has 5 nitrogen and oxygen atoms in total. The van der Waals surface area contributed by atoms with Gasteiger partial charge in [0, 0.05) is 5.38 Å². The highest BCUT2D eigenvalue weighted by molar-refractivity contribution is 7.13. The zero-order chi connectivity index (χ0) is 13.5. The first-order valence-electron chi connectivity index (χ1n) is 5.82. The Hall–Kier alpha value is -2.08. The molecule has 2 aromatic rings. The van der Waals surface area contributed by atoms with Crippen LogP contribution in [0.3, 0.4) is 0 Å². The number of aromatic nitrogens is 1. The Labute approximate surface area is 114 Å². The first-order chi connectivity index (χ1) is 9.24. The molecule has 1 heterocycles. The van der Waals surface area contributed by atoms with E-state index >= 15 is 0 Å². The third-order valence-electron chi connectivity index (χ3n) is 2.27. The molecule has 0 unspecified atom stereocenters. The van der Waals surface area contributed by atoms with Crippen LogP contribution in [0.5, 0.6) is 5.75 Å². The summed E-state index contributed by atoms with van der Waals surface area (Å²) in [5.41, 5.74) is 0.573. The van der Waals surface area contributed by atoms with E-state index < -0.39 is 5.97 Å². The van der Waals surface area contributed by atoms with Crippen molar-refractivity contribution >= 4 is 22.4 Å². The van der Waals surface area contributed by atoms with Crippen molar-refractivity contribution in [3.05, 3.63) is 41.4 Å². The van der Waals surface area contributed by atoms with E-state index in [1.807, 2.05) is 30.3 Å². The molecule has 0 aliphatic rings. The van der Waals surface area contributed by atoms with Crippen molar-refractivity contribution < 1.29 is 14.6 Å². The van der Waals surface area contributed by atoms with E-state index in [9.17, 15) is 4.79 Å². The van der Waals surface area contributed by atoms with Gasteiger partial charge >= 0.3 is 5.97 Å². The summed E-state index contributed by atoms with van der Waals surface area (Å²) in [5.74, 6) is -0.0423. The lowest BCUT2D eigenvalue weighted by atomic mass is 10.3. The van der Waals surface area contributed by atoms with E-state index in [0.717, 1.165) is 5.75 Å². The molecule has 1 aromatic carbocycles. The van der Waals surface area contributed by atoms with Gasteiger partial charge in [-0.2, -0.15) is 0 Å². The Morgan fingerprint density at radius 3 is 2.89 bits per heavy atom. The number of carboxylic acids is 1. The number of nitrogens with zero attached hydrogens (tertiary/aromatic N) is 1. The number of ether oxygens (including phenoxy) is 1. The summed E-state index contributed by atoms with van der Waals surface area (Å²) in [6.45, 7) is 1.15. The maximum absolute atomic E-state index is 10.5. The number of para-hydroxylation sites is 1. The Balaban J connectivity index is 1.71. The summed E-state index contributed by atoms with van der Waals surface area (Å²) >= 11 is 1.40. The van der Waals surface area contributed by atoms with Gasteiger partial charge in [-0.25, -0.2) is 4.98 Å². The third-order valence-corrected chi connectivity index (χ3v) is 3.12. The lowest BCUT2D eigenvalue weighted by Crippen LogP contribution is -2.11. The van der Waals surface area contributed by atoms with Crippen LogP contribution in [0, 0.1) is 0 Å². The Morgan fingerprint density at radius 2 is 2.16 bits per heavy atom. The quantitative estimate of drug-likeness (QED) is 0.760. The first kappa shape index (κ1) is 13.4. The molecule has 6 heteroatoms. The Kier molecular flexibility index (Phi) is 4.74. The van der Waals surface area contributed by atoms with Gasteiger partial charge < -0.3 is 15.2 Å². The summed E-state index contributed by atoms with van der Waals surface area (Å²) in [6.07, 6.45) is -0.0430. The van der Waals surface area contributed by atoms with Gasteiger partial charge in [-0.15, -0.1) is 11.3 Å². The Bertz CT molecular complexity index is 528. The highest BCUT2D eigenvalue weighted by Gasteiger charge is 2.05. The number of carbonyl (C=O) groups is 1. The fourth-order valence-corrected chi connectivity index (χ4v) is 2.21. The van der Waals surface area contributed by atoms with Gasteiger partial charge in [-0.1, -0.05) is 18.2 Å². The number of nitrogens with one attached hydrogen (secondary N) is 1. The molecule has 2 rings (SSSR count). The molecule has 0 radical (unpaired) electrons. The van der Waals surface area contributed by atoms with Crippen molar-refractivity contribution in [2.75, 3.05) is 18.5 Å². The monoisotopic (exact) mass is 278 g/mol. The van der Waals surface area contributed by atoms with Crippen LogP contribution in [0.25, 0.3) is 0 Å². The zero-order valence-electron chi connectivity index (χ0n) is 10.2. The minimum atomic E-state index is -0.871. The van der Waals surface area contributed by atoms with Gasteiger partial charge in [0.05, 0.1) is 18.7 Å². The third kappa shape index (κ3) is 4.59. The predicted octanol–water partition coefficient (Wildman–Crippen LogP) is 2.26. The van der Waals surface area contributed by atoms with Gasteiger partial charge in [0.25, 0.3) is 0 Å². The van der Waals surface area contributed by atoms with Crippen LogP contribution in [0.1, 0.15) is 5.69 Å². The molecule has 0 aliphatic carbocycles. The summed E-state index contributed by atoms with van der Waals surface area (Å²) in [6, 6.07) is 9.57. The van der Waals surface area contributed by atoms with Gasteiger partial charge in [-0.05, 0) is 12.1 Å². The number of hydrogen-bond donors (Lipinski definition) is 2. The van der Waals surface area contributed by atoms with E-state index in [4.69, 9.17) is 9.84 Å². The van der Waals surface area contributed by atoms with Crippen molar-refractivity contribution in [2.24, 2.45) is 0 Å². The Morgan fingerprint density at radius 1 is 1.37 bits per heavy atom. The predicted molar refractivity (Wildman–Crippen MR) is 73.9 cm³/mol. The SMILES string of the molecule is O=C(O)Cc1csc(NCCOc2ccccc2)n1. The number of anilines is 1. The molecule has 0 amide bonds. The number of aliphatic carboxylic acids is 1. The molecule has 19 heavy (non-hydrogen) atoms. The number of rotatable bonds is 7. The largest absolute Gasteiger partial charge is 0.492 e. The molecule has 2 N–H and O–H groups in total. The average Bonchev–Trinajstić information content (AvgIpc) is 2.83. The highest BCUT2D eigenvalue weighted by atomic mass is 32.1. The molecule has 0 fully saturated rings. The number of thiazole rings is 1. The second-order valence-corrected chi connectivity index (χ2v) is 4.66. The van der Waals surface area contributed by atoms with Gasteiger partial charge in [0.15, 0.2) is 5.13 Å². The minimum absolute atomic E-state index is 0.0430. The fraction of sp³-hybridized carbons (Fsp3) is 0.231. The molecule has 0 bridgehead atoms. The van der Waals surface area contributed by atoms with Crippen LogP contribution < -0.4 is 10.1 Å². The number of benzene rings is 1. The van der Waals surface area contributed by atoms with Crippen LogP contribution in [0.2, 0.25) is 0 Å². The normalized spacial score (nSPS) is 10.1. The lowest BCUT2D eigenvalue weighted by molar-refractivity contribution is -0.136. The van der Waals surface area contributed by atoms with Gasteiger partial charge in [-0.3, -0.25) is 4.79 Å². The second kappa shape index (κ2) is 6.75. The summed E-state index contributed by atoms with van der Waals surface area (Å²) < 4.78 is 5.52. The molecule has 0 atom stereocenters. The van der Waals surface area contributed by atoms with E-state index in [2.05, 4.69) is 10.3 Å². The van der Waals surface area contributed by atoms with E-state index in [-0.39, 0.29) is 6.42 Å². The molecular formula is C13H14N2O3S. The summed E-state index contributed by atoms with van der Waals surface area (Å²) in [7, 11) is 0. The van der Waals surface area contributed by atoms with Crippen molar-refractivity contribution in [3.63, 3.8) is 0 Å². The molecule has 100 valence electrons. The first-order valence-corrected chi connectivity index (χ1v) is 6.70. The maximum Gasteiger partial charge on any atom is 0.309 e. The molecule has 0 saturated heterocycles. The van der Waals surface area contributed by atoms with Crippen molar-refractivity contribution in [1.82, 2.24) is 4.98 Å². The van der Waals surface area contributed by atoms with Crippen LogP contribution in [-0.4, -0.2) is 29.2 Å². The van der Waals surface area contributed by atoms with Crippen LogP contribution >= 0.6 is 11.3 Å². The number of hydrogen-bond acceptors (Lipinski definition) is 5. The van der Waals surface area contributed by atoms with Crippen molar-refractivity contribution in [3.8, 4) is 5.75 Å². The van der Waals surface area contributed by atoms with Crippen LogP contribution in [-0.2, 0) is 11.2 Å². The van der Waals surface area contributed by atoms with Crippen molar-refractivity contribution in [1.29, 1.82) is 0 Å². The lowest BCUT2D eigenvalue weighted by Gasteiger charge is -2.06. The van der Waals surface area contributed by atoms with Crippen LogP contribution in [0.4, 0.5) is 5.13 Å². The summed E-state index contributed by atoms with van der Waals surface area (Å²) in [4.78, 5) is 14.7. The average molecular weight is 278 g/mol. The van der Waals surface area contributed by atoms with E-state index in [0.29, 0.717) is 24.0 Å². The number of carboxylic acid groups (broad SMARTS) is 1. The van der Waals surface area contributed by atoms with E-state index in [1.54, 1.807) is 5.38 Å². The maximum atomic E-state index is 10.5. The highest BCUT2D eigenvalue weighted by Crippen LogP contribution is 2.15. The molecular weight excluding hydrogens is 264 g/mol. The summed E-state index contributed by atoms with van der Waals surface area (Å²) in [5, 5.41) is 14.2. The second-order valence-electron chi connectivity index (χ2n) is 3.80. The fourth-order valence-electron chi connectivity index (χ4n) is 1.47. The molecule has 0 aliphatic heterocycles. The molecule has 0 spiro atoms. The van der Waals surface area contributed by atoms with Gasteiger partial charge in [0.1, 0.15) is 12.4 Å². The minimum Gasteiger partial charge on any atom is -0.492 e. The molecule has 1 aromatic heterocycles. The molecule has 0 saturated carbocycles. The van der Waals surface area contributed by atoms with Gasteiger partial charge in [0.2, 0.25) is 0 Å². The van der Waals surface area contributed by atoms with Crippen molar-refractivity contribution in [2.45, 2.75) is 6.42 Å².